The zero-order chi connectivity index (χ0) is 56.4. The zero-order valence-corrected chi connectivity index (χ0v) is 52.4. The number of allylic oxidation sites excluding steroid dienone is 7. The molecule has 0 aliphatic heterocycles. The number of rotatable bonds is 65. The van der Waals surface area contributed by atoms with Crippen molar-refractivity contribution in [3.63, 3.8) is 0 Å². The van der Waals surface area contributed by atoms with Gasteiger partial charge in [-0.25, -0.2) is 0 Å². The van der Waals surface area contributed by atoms with Crippen LogP contribution < -0.4 is 5.32 Å². The van der Waals surface area contributed by atoms with E-state index < -0.39 is 12.1 Å². The molecule has 2 unspecified atom stereocenters. The minimum absolute atomic E-state index is 0.00599. The highest BCUT2D eigenvalue weighted by molar-refractivity contribution is 5.76. The van der Waals surface area contributed by atoms with Gasteiger partial charge in [-0.3, -0.25) is 9.59 Å². The minimum Gasteiger partial charge on any atom is -0.466 e. The first kappa shape index (κ1) is 75.8. The van der Waals surface area contributed by atoms with Gasteiger partial charge < -0.3 is 20.3 Å². The fourth-order valence-corrected chi connectivity index (χ4v) is 10.7. The summed E-state index contributed by atoms with van der Waals surface area (Å²) in [5, 5.41) is 23.1. The van der Waals surface area contributed by atoms with E-state index in [1.807, 2.05) is 6.08 Å². The first-order chi connectivity index (χ1) is 38.5. The first-order valence-corrected chi connectivity index (χ1v) is 34.9. The van der Waals surface area contributed by atoms with E-state index in [1.165, 1.54) is 295 Å². The quantitative estimate of drug-likeness (QED) is 0.0320. The molecule has 0 heterocycles. The summed E-state index contributed by atoms with van der Waals surface area (Å²) in [5.74, 6) is -0.0594. The minimum atomic E-state index is -0.843. The van der Waals surface area contributed by atoms with Gasteiger partial charge in [-0.1, -0.05) is 319 Å². The van der Waals surface area contributed by atoms with Crippen LogP contribution in [0, 0.1) is 0 Å². The summed E-state index contributed by atoms with van der Waals surface area (Å²) >= 11 is 0. The highest BCUT2D eigenvalue weighted by Crippen LogP contribution is 2.18. The summed E-state index contributed by atoms with van der Waals surface area (Å²) in [5.41, 5.74) is 0. The standard InChI is InChI=1S/C72H135NO5/c1-3-5-7-9-11-13-15-17-37-42-46-50-54-58-62-66-72(77)78-67-63-59-55-51-47-43-39-36-34-32-30-28-26-24-22-20-18-19-21-23-25-27-29-31-33-35-38-41-45-49-53-57-61-65-71(76)73-69(68-74)70(75)64-60-56-52-48-44-40-16-14-12-10-8-6-4-2/h17,22,24,28,30,37,60,64,69-70,74-75H,3-16,18-21,23,25-27,29,31-36,38-59,61-63,65-68H2,1-2H3,(H,73,76)/b24-22-,30-28-,37-17-,64-60+. The Morgan fingerprint density at radius 2 is 0.641 bits per heavy atom. The molecule has 0 spiro atoms. The lowest BCUT2D eigenvalue weighted by Gasteiger charge is -2.20. The second kappa shape index (κ2) is 67.3. The lowest BCUT2D eigenvalue weighted by Crippen LogP contribution is -2.45. The predicted molar refractivity (Wildman–Crippen MR) is 342 cm³/mol. The molecule has 0 bridgehead atoms. The fraction of sp³-hybridized carbons (Fsp3) is 0.861. The van der Waals surface area contributed by atoms with Gasteiger partial charge in [0.2, 0.25) is 5.91 Å². The third-order valence-electron chi connectivity index (χ3n) is 16.1. The number of unbranched alkanes of at least 4 members (excludes halogenated alkanes) is 48. The molecule has 0 saturated carbocycles. The van der Waals surface area contributed by atoms with E-state index in [4.69, 9.17) is 4.74 Å². The van der Waals surface area contributed by atoms with Gasteiger partial charge in [0.15, 0.2) is 0 Å². The van der Waals surface area contributed by atoms with Crippen LogP contribution in [0.15, 0.2) is 48.6 Å². The van der Waals surface area contributed by atoms with Crippen molar-refractivity contribution in [3.05, 3.63) is 48.6 Å². The average Bonchev–Trinajstić information content (AvgIpc) is 3.44. The molecule has 6 heteroatoms. The summed E-state index contributed by atoms with van der Waals surface area (Å²) in [6.07, 6.45) is 87.7. The molecule has 1 amide bonds. The Morgan fingerprint density at radius 1 is 0.359 bits per heavy atom. The van der Waals surface area contributed by atoms with Crippen LogP contribution in [0.5, 0.6) is 0 Å². The van der Waals surface area contributed by atoms with E-state index in [1.54, 1.807) is 6.08 Å². The number of aliphatic hydroxyl groups excluding tert-OH is 2. The Kier molecular flexibility index (Phi) is 65.4. The van der Waals surface area contributed by atoms with Crippen molar-refractivity contribution in [1.82, 2.24) is 5.32 Å². The van der Waals surface area contributed by atoms with Crippen LogP contribution in [0.3, 0.4) is 0 Å². The number of carbonyl (C=O) groups excluding carboxylic acids is 2. The molecule has 2 atom stereocenters. The number of amides is 1. The molecular weight excluding hydrogens is 959 g/mol. The number of hydrogen-bond acceptors (Lipinski definition) is 5. The molecule has 0 radical (unpaired) electrons. The smallest absolute Gasteiger partial charge is 0.305 e. The average molecular weight is 1090 g/mol. The lowest BCUT2D eigenvalue weighted by atomic mass is 10.0. The molecular formula is C72H135NO5. The summed E-state index contributed by atoms with van der Waals surface area (Å²) in [6.45, 7) is 4.91. The van der Waals surface area contributed by atoms with E-state index in [0.29, 0.717) is 19.4 Å². The van der Waals surface area contributed by atoms with E-state index in [9.17, 15) is 19.8 Å². The molecule has 0 aliphatic carbocycles. The van der Waals surface area contributed by atoms with Crippen molar-refractivity contribution in [2.24, 2.45) is 0 Å². The number of aliphatic hydroxyl groups is 2. The summed E-state index contributed by atoms with van der Waals surface area (Å²) < 4.78 is 5.49. The van der Waals surface area contributed by atoms with Crippen molar-refractivity contribution < 1.29 is 24.5 Å². The number of hydrogen-bond donors (Lipinski definition) is 3. The maximum atomic E-state index is 12.5. The van der Waals surface area contributed by atoms with Crippen LogP contribution in [-0.4, -0.2) is 47.4 Å². The molecule has 0 aromatic carbocycles. The van der Waals surface area contributed by atoms with Crippen molar-refractivity contribution in [3.8, 4) is 0 Å². The van der Waals surface area contributed by atoms with Gasteiger partial charge in [0, 0.05) is 12.8 Å². The van der Waals surface area contributed by atoms with Crippen LogP contribution >= 0.6 is 0 Å². The molecule has 3 N–H and O–H groups in total. The van der Waals surface area contributed by atoms with Crippen LogP contribution in [0.2, 0.25) is 0 Å². The Morgan fingerprint density at radius 3 is 0.987 bits per heavy atom. The van der Waals surface area contributed by atoms with E-state index in [2.05, 4.69) is 55.6 Å². The van der Waals surface area contributed by atoms with Gasteiger partial charge in [-0.05, 0) is 89.9 Å². The molecule has 0 fully saturated rings. The van der Waals surface area contributed by atoms with Gasteiger partial charge in [0.25, 0.3) is 0 Å². The molecule has 0 aromatic rings. The normalized spacial score (nSPS) is 12.8. The highest BCUT2D eigenvalue weighted by Gasteiger charge is 2.18. The van der Waals surface area contributed by atoms with Gasteiger partial charge in [-0.15, -0.1) is 0 Å². The Hall–Kier alpha value is -2.18. The molecule has 0 aliphatic rings. The Labute approximate surface area is 486 Å². The number of ether oxygens (including phenoxy) is 1. The van der Waals surface area contributed by atoms with Gasteiger partial charge in [0.05, 0.1) is 25.4 Å². The summed E-state index contributed by atoms with van der Waals surface area (Å²) in [4.78, 5) is 24.5. The van der Waals surface area contributed by atoms with Gasteiger partial charge >= 0.3 is 5.97 Å². The SMILES string of the molecule is CCCCCCCC/C=C\CCCCCCCC(=O)OCCCCCCCCCCC/C=C\C/C=C\CCCCCCCCCCCCCCCCCCCC(=O)NC(CO)C(O)/C=C/CCCCCCCCCCCCC. The Balaban J connectivity index is 3.39. The van der Waals surface area contributed by atoms with Gasteiger partial charge in [0.1, 0.15) is 0 Å². The maximum Gasteiger partial charge on any atom is 0.305 e. The van der Waals surface area contributed by atoms with Crippen LogP contribution in [0.25, 0.3) is 0 Å². The second-order valence-electron chi connectivity index (χ2n) is 23.9. The molecule has 458 valence electrons. The third-order valence-corrected chi connectivity index (χ3v) is 16.1. The monoisotopic (exact) mass is 1090 g/mol. The van der Waals surface area contributed by atoms with Crippen LogP contribution in [0.4, 0.5) is 0 Å². The van der Waals surface area contributed by atoms with Crippen molar-refractivity contribution >= 4 is 11.9 Å². The third kappa shape index (κ3) is 63.0. The molecule has 78 heavy (non-hydrogen) atoms. The molecule has 6 nitrogen and oxygen atoms in total. The fourth-order valence-electron chi connectivity index (χ4n) is 10.7. The summed E-state index contributed by atoms with van der Waals surface area (Å²) in [6, 6.07) is -0.626. The largest absolute Gasteiger partial charge is 0.466 e. The van der Waals surface area contributed by atoms with Gasteiger partial charge in [-0.2, -0.15) is 0 Å². The predicted octanol–water partition coefficient (Wildman–Crippen LogP) is 22.5. The van der Waals surface area contributed by atoms with E-state index >= 15 is 0 Å². The lowest BCUT2D eigenvalue weighted by molar-refractivity contribution is -0.143. The number of esters is 1. The first-order valence-electron chi connectivity index (χ1n) is 34.9. The molecule has 0 rings (SSSR count). The van der Waals surface area contributed by atoms with Crippen LogP contribution in [0.1, 0.15) is 373 Å². The molecule has 0 aromatic heterocycles. The maximum absolute atomic E-state index is 12.5. The highest BCUT2D eigenvalue weighted by atomic mass is 16.5. The van der Waals surface area contributed by atoms with Crippen molar-refractivity contribution in [2.45, 2.75) is 386 Å². The van der Waals surface area contributed by atoms with Crippen molar-refractivity contribution in [2.75, 3.05) is 13.2 Å². The number of nitrogens with one attached hydrogen (secondary N) is 1. The second-order valence-corrected chi connectivity index (χ2v) is 23.9. The molecule has 0 saturated heterocycles. The van der Waals surface area contributed by atoms with E-state index in [-0.39, 0.29) is 18.5 Å². The topological polar surface area (TPSA) is 95.9 Å². The summed E-state index contributed by atoms with van der Waals surface area (Å²) in [7, 11) is 0. The Bertz CT molecular complexity index is 1310. The van der Waals surface area contributed by atoms with E-state index in [0.717, 1.165) is 51.4 Å². The zero-order valence-electron chi connectivity index (χ0n) is 52.4. The number of carbonyl (C=O) groups is 2. The van der Waals surface area contributed by atoms with Crippen LogP contribution in [-0.2, 0) is 14.3 Å². The van der Waals surface area contributed by atoms with Crippen molar-refractivity contribution in [1.29, 1.82) is 0 Å².